The third-order valence-electron chi connectivity index (χ3n) is 6.91. The molecule has 180 valence electrons. The highest BCUT2D eigenvalue weighted by Crippen LogP contribution is 2.34. The molecule has 0 atom stereocenters. The van der Waals surface area contributed by atoms with Crippen LogP contribution in [0.2, 0.25) is 0 Å². The number of hydrogen-bond acceptors (Lipinski definition) is 5. The van der Waals surface area contributed by atoms with Crippen LogP contribution in [0.4, 0.5) is 0 Å². The SMILES string of the molecule is COc1ccc(S(=O)(=O)N(C(C)C)[C@H]2CC[C@H](C(=O)N3CCN(C(C)C)CC3)CC2)cc1. The van der Waals surface area contributed by atoms with Gasteiger partial charge in [0.25, 0.3) is 0 Å². The van der Waals surface area contributed by atoms with E-state index in [0.29, 0.717) is 11.8 Å². The predicted molar refractivity (Wildman–Crippen MR) is 126 cm³/mol. The van der Waals surface area contributed by atoms with Crippen LogP contribution in [-0.4, -0.2) is 79.8 Å². The number of ether oxygens (including phenoxy) is 1. The molecule has 0 unspecified atom stereocenters. The first kappa shape index (κ1) is 25.0. The summed E-state index contributed by atoms with van der Waals surface area (Å²) >= 11 is 0. The maximum absolute atomic E-state index is 13.4. The Kier molecular flexibility index (Phi) is 8.22. The molecular formula is C24H39N3O4S. The molecule has 2 fully saturated rings. The van der Waals surface area contributed by atoms with E-state index in [1.807, 2.05) is 18.7 Å². The molecule has 0 bridgehead atoms. The van der Waals surface area contributed by atoms with E-state index in [1.165, 1.54) is 0 Å². The van der Waals surface area contributed by atoms with Gasteiger partial charge in [-0.3, -0.25) is 9.69 Å². The standard InChI is InChI=1S/C24H39N3O4S/c1-18(2)25-14-16-26(17-15-25)24(28)20-6-8-21(9-7-20)27(19(3)4)32(29,30)23-12-10-22(31-5)11-13-23/h10-13,18-21H,6-9,14-17H2,1-5H3/t20-,21-. The Labute approximate surface area is 193 Å². The minimum absolute atomic E-state index is 0.00885. The van der Waals surface area contributed by atoms with E-state index >= 15 is 0 Å². The van der Waals surface area contributed by atoms with E-state index in [-0.39, 0.29) is 28.8 Å². The van der Waals surface area contributed by atoms with Crippen molar-refractivity contribution in [1.29, 1.82) is 0 Å². The fraction of sp³-hybridized carbons (Fsp3) is 0.708. The highest BCUT2D eigenvalue weighted by molar-refractivity contribution is 7.89. The average Bonchev–Trinajstić information content (AvgIpc) is 2.79. The van der Waals surface area contributed by atoms with Gasteiger partial charge in [0.1, 0.15) is 5.75 Å². The van der Waals surface area contributed by atoms with Crippen LogP contribution in [0.5, 0.6) is 5.75 Å². The zero-order valence-corrected chi connectivity index (χ0v) is 21.0. The van der Waals surface area contributed by atoms with Crippen LogP contribution in [-0.2, 0) is 14.8 Å². The van der Waals surface area contributed by atoms with Gasteiger partial charge >= 0.3 is 0 Å². The summed E-state index contributed by atoms with van der Waals surface area (Å²) in [6.07, 6.45) is 2.93. The van der Waals surface area contributed by atoms with Gasteiger partial charge in [-0.1, -0.05) is 0 Å². The number of sulfonamides is 1. The van der Waals surface area contributed by atoms with Gasteiger partial charge in [-0.15, -0.1) is 0 Å². The monoisotopic (exact) mass is 465 g/mol. The van der Waals surface area contributed by atoms with E-state index in [2.05, 4.69) is 18.7 Å². The molecular weight excluding hydrogens is 426 g/mol. The topological polar surface area (TPSA) is 70.2 Å². The number of hydrogen-bond donors (Lipinski definition) is 0. The van der Waals surface area contributed by atoms with E-state index in [9.17, 15) is 13.2 Å². The summed E-state index contributed by atoms with van der Waals surface area (Å²) in [4.78, 5) is 17.8. The number of carbonyl (C=O) groups is 1. The minimum atomic E-state index is -3.62. The van der Waals surface area contributed by atoms with Crippen molar-refractivity contribution < 1.29 is 17.9 Å². The van der Waals surface area contributed by atoms with Crippen LogP contribution in [0.25, 0.3) is 0 Å². The molecule has 1 saturated carbocycles. The van der Waals surface area contributed by atoms with Gasteiger partial charge in [-0.25, -0.2) is 8.42 Å². The van der Waals surface area contributed by atoms with Gasteiger partial charge in [-0.05, 0) is 77.6 Å². The lowest BCUT2D eigenvalue weighted by Crippen LogP contribution is -2.53. The van der Waals surface area contributed by atoms with Crippen LogP contribution in [0, 0.1) is 5.92 Å². The molecule has 0 N–H and O–H groups in total. The molecule has 0 spiro atoms. The number of nitrogens with zero attached hydrogens (tertiary/aromatic N) is 3. The molecule has 1 aromatic carbocycles. The van der Waals surface area contributed by atoms with Gasteiger partial charge < -0.3 is 9.64 Å². The third kappa shape index (κ3) is 5.46. The lowest BCUT2D eigenvalue weighted by molar-refractivity contribution is -0.138. The van der Waals surface area contributed by atoms with E-state index in [1.54, 1.807) is 35.7 Å². The lowest BCUT2D eigenvalue weighted by atomic mass is 9.84. The second-order valence-electron chi connectivity index (χ2n) is 9.56. The maximum Gasteiger partial charge on any atom is 0.243 e. The molecule has 32 heavy (non-hydrogen) atoms. The van der Waals surface area contributed by atoms with E-state index in [0.717, 1.165) is 51.9 Å². The number of rotatable bonds is 7. The van der Waals surface area contributed by atoms with Crippen molar-refractivity contribution in [1.82, 2.24) is 14.1 Å². The van der Waals surface area contributed by atoms with Gasteiger partial charge in [0, 0.05) is 50.2 Å². The fourth-order valence-electron chi connectivity index (χ4n) is 5.06. The quantitative estimate of drug-likeness (QED) is 0.618. The van der Waals surface area contributed by atoms with Crippen molar-refractivity contribution in [2.45, 2.75) is 76.4 Å². The number of methoxy groups -OCH3 is 1. The highest BCUT2D eigenvalue weighted by atomic mass is 32.2. The van der Waals surface area contributed by atoms with Crippen molar-refractivity contribution >= 4 is 15.9 Å². The number of carbonyl (C=O) groups excluding carboxylic acids is 1. The number of piperazine rings is 1. The zero-order chi connectivity index (χ0) is 23.5. The summed E-state index contributed by atoms with van der Waals surface area (Å²) in [5, 5.41) is 0. The van der Waals surface area contributed by atoms with Crippen molar-refractivity contribution in [2.75, 3.05) is 33.3 Å². The summed E-state index contributed by atoms with van der Waals surface area (Å²) in [5.74, 6) is 0.892. The summed E-state index contributed by atoms with van der Waals surface area (Å²) < 4.78 is 33.7. The summed E-state index contributed by atoms with van der Waals surface area (Å²) in [6, 6.07) is 6.86. The first-order chi connectivity index (χ1) is 15.1. The first-order valence-electron chi connectivity index (χ1n) is 11.9. The molecule has 1 saturated heterocycles. The minimum Gasteiger partial charge on any atom is -0.497 e. The van der Waals surface area contributed by atoms with Crippen molar-refractivity contribution in [3.8, 4) is 5.75 Å². The third-order valence-corrected chi connectivity index (χ3v) is 9.05. The lowest BCUT2D eigenvalue weighted by Gasteiger charge is -2.41. The molecule has 7 nitrogen and oxygen atoms in total. The van der Waals surface area contributed by atoms with Crippen LogP contribution in [0.1, 0.15) is 53.4 Å². The largest absolute Gasteiger partial charge is 0.497 e. The van der Waals surface area contributed by atoms with Gasteiger partial charge in [0.2, 0.25) is 15.9 Å². The zero-order valence-electron chi connectivity index (χ0n) is 20.2. The average molecular weight is 466 g/mol. The van der Waals surface area contributed by atoms with Crippen molar-refractivity contribution in [3.05, 3.63) is 24.3 Å². The van der Waals surface area contributed by atoms with Crippen LogP contribution in [0.15, 0.2) is 29.2 Å². The van der Waals surface area contributed by atoms with Crippen LogP contribution in [0.3, 0.4) is 0 Å². The molecule has 0 aromatic heterocycles. The smallest absolute Gasteiger partial charge is 0.243 e. The first-order valence-corrected chi connectivity index (χ1v) is 13.3. The summed E-state index contributed by atoms with van der Waals surface area (Å²) in [7, 11) is -2.06. The fourth-order valence-corrected chi connectivity index (χ4v) is 6.94. The molecule has 1 heterocycles. The Morgan fingerprint density at radius 3 is 2.00 bits per heavy atom. The normalized spacial score (nSPS) is 23.2. The van der Waals surface area contributed by atoms with Crippen molar-refractivity contribution in [2.24, 2.45) is 5.92 Å². The second-order valence-corrected chi connectivity index (χ2v) is 11.4. The molecule has 0 radical (unpaired) electrons. The van der Waals surface area contributed by atoms with Gasteiger partial charge in [0.05, 0.1) is 12.0 Å². The van der Waals surface area contributed by atoms with E-state index in [4.69, 9.17) is 4.74 Å². The summed E-state index contributed by atoms with van der Waals surface area (Å²) in [6.45, 7) is 11.7. The molecule has 2 aliphatic rings. The number of benzene rings is 1. The molecule has 8 heteroatoms. The predicted octanol–water partition coefficient (Wildman–Crippen LogP) is 3.21. The molecule has 3 rings (SSSR count). The Balaban J connectivity index is 1.63. The highest BCUT2D eigenvalue weighted by Gasteiger charge is 2.38. The van der Waals surface area contributed by atoms with Gasteiger partial charge in [-0.2, -0.15) is 4.31 Å². The number of amides is 1. The molecule has 1 aliphatic carbocycles. The van der Waals surface area contributed by atoms with Crippen LogP contribution >= 0.6 is 0 Å². The Bertz CT molecular complexity index is 854. The Morgan fingerprint density at radius 2 is 1.53 bits per heavy atom. The Hall–Kier alpha value is -1.64. The van der Waals surface area contributed by atoms with E-state index < -0.39 is 10.0 Å². The van der Waals surface area contributed by atoms with Crippen molar-refractivity contribution in [3.63, 3.8) is 0 Å². The second kappa shape index (κ2) is 10.5. The summed E-state index contributed by atoms with van der Waals surface area (Å²) in [5.41, 5.74) is 0. The maximum atomic E-state index is 13.4. The molecule has 1 aromatic rings. The van der Waals surface area contributed by atoms with Gasteiger partial charge in [0.15, 0.2) is 0 Å². The molecule has 1 aliphatic heterocycles. The molecule has 1 amide bonds. The van der Waals surface area contributed by atoms with Crippen LogP contribution < -0.4 is 4.74 Å². The Morgan fingerprint density at radius 1 is 0.969 bits per heavy atom.